The molecule has 2 nitrogen and oxygen atoms in total. The average Bonchev–Trinajstić information content (AvgIpc) is 2.89. The molecule has 102 valence electrons. The molecule has 0 aliphatic carbocycles. The molecule has 0 saturated carbocycles. The van der Waals surface area contributed by atoms with Gasteiger partial charge in [0, 0.05) is 8.07 Å². The molecule has 0 N–H and O–H groups in total. The summed E-state index contributed by atoms with van der Waals surface area (Å²) in [6, 6.07) is 11.7. The molecule has 0 spiro atoms. The standard InChI is InChI=1S/C15H23BO2Si/c1-13(14-8-6-5-7-9-14)15(12-19(2,3)4)16-17-10-11-18-16/h5-9H,10-12H2,1-4H3/b15-13-. The normalized spacial score (nSPS) is 17.6. The van der Waals surface area contributed by atoms with Crippen LogP contribution in [0.15, 0.2) is 35.8 Å². The van der Waals surface area contributed by atoms with Crippen LogP contribution in [0, 0.1) is 0 Å². The highest BCUT2D eigenvalue weighted by molar-refractivity contribution is 6.78. The Morgan fingerprint density at radius 3 is 2.21 bits per heavy atom. The van der Waals surface area contributed by atoms with Gasteiger partial charge < -0.3 is 9.31 Å². The molecule has 0 atom stereocenters. The van der Waals surface area contributed by atoms with Crippen LogP contribution in [0.3, 0.4) is 0 Å². The van der Waals surface area contributed by atoms with Crippen molar-refractivity contribution in [2.75, 3.05) is 13.2 Å². The third kappa shape index (κ3) is 4.06. The minimum Gasteiger partial charge on any atom is -0.405 e. The Balaban J connectivity index is 2.34. The largest absolute Gasteiger partial charge is 0.489 e. The van der Waals surface area contributed by atoms with Gasteiger partial charge >= 0.3 is 7.12 Å². The second-order valence-electron chi connectivity index (χ2n) is 6.33. The molecule has 1 aliphatic rings. The van der Waals surface area contributed by atoms with E-state index >= 15 is 0 Å². The Hall–Kier alpha value is -0.838. The highest BCUT2D eigenvalue weighted by Crippen LogP contribution is 2.29. The van der Waals surface area contributed by atoms with Crippen LogP contribution in [0.25, 0.3) is 5.57 Å². The lowest BCUT2D eigenvalue weighted by atomic mass is 9.75. The van der Waals surface area contributed by atoms with E-state index in [0.717, 1.165) is 6.04 Å². The first-order chi connectivity index (χ1) is 8.97. The summed E-state index contributed by atoms with van der Waals surface area (Å²) in [7, 11) is -1.33. The third-order valence-electron chi connectivity index (χ3n) is 3.32. The van der Waals surface area contributed by atoms with Crippen LogP contribution in [0.1, 0.15) is 12.5 Å². The van der Waals surface area contributed by atoms with Crippen molar-refractivity contribution in [2.45, 2.75) is 32.6 Å². The second-order valence-corrected chi connectivity index (χ2v) is 11.8. The maximum Gasteiger partial charge on any atom is 0.489 e. The van der Waals surface area contributed by atoms with Crippen molar-refractivity contribution in [3.05, 3.63) is 41.4 Å². The molecule has 0 aromatic heterocycles. The molecule has 4 heteroatoms. The zero-order chi connectivity index (χ0) is 13.9. The molecule has 0 amide bonds. The smallest absolute Gasteiger partial charge is 0.405 e. The van der Waals surface area contributed by atoms with Crippen LogP contribution >= 0.6 is 0 Å². The summed E-state index contributed by atoms with van der Waals surface area (Å²) in [5.41, 5.74) is 3.92. The molecule has 1 fully saturated rings. The predicted molar refractivity (Wildman–Crippen MR) is 84.8 cm³/mol. The fourth-order valence-corrected chi connectivity index (χ4v) is 3.97. The van der Waals surface area contributed by atoms with E-state index in [2.05, 4.69) is 56.9 Å². The molecular weight excluding hydrogens is 251 g/mol. The third-order valence-corrected chi connectivity index (χ3v) is 4.76. The van der Waals surface area contributed by atoms with Gasteiger partial charge in [-0.25, -0.2) is 0 Å². The molecule has 0 unspecified atom stereocenters. The predicted octanol–water partition coefficient (Wildman–Crippen LogP) is 3.87. The van der Waals surface area contributed by atoms with Crippen LogP contribution in [0.4, 0.5) is 0 Å². The molecule has 19 heavy (non-hydrogen) atoms. The summed E-state index contributed by atoms with van der Waals surface area (Å²) < 4.78 is 11.5. The zero-order valence-electron chi connectivity index (χ0n) is 12.4. The van der Waals surface area contributed by atoms with Crippen molar-refractivity contribution < 1.29 is 9.31 Å². The quantitative estimate of drug-likeness (QED) is 0.776. The number of rotatable bonds is 4. The Kier molecular flexibility index (Phi) is 4.66. The van der Waals surface area contributed by atoms with Gasteiger partial charge in [-0.1, -0.05) is 50.0 Å². The van der Waals surface area contributed by atoms with Crippen molar-refractivity contribution in [3.63, 3.8) is 0 Å². The van der Waals surface area contributed by atoms with Crippen LogP contribution < -0.4 is 0 Å². The number of benzene rings is 1. The van der Waals surface area contributed by atoms with E-state index in [4.69, 9.17) is 9.31 Å². The first kappa shape index (κ1) is 14.6. The minimum absolute atomic E-state index is 0.132. The van der Waals surface area contributed by atoms with Crippen LogP contribution in [0.2, 0.25) is 25.7 Å². The lowest BCUT2D eigenvalue weighted by Gasteiger charge is -2.22. The summed E-state index contributed by atoms with van der Waals surface area (Å²) in [5, 5.41) is 0. The lowest BCUT2D eigenvalue weighted by Crippen LogP contribution is -2.28. The summed E-state index contributed by atoms with van der Waals surface area (Å²) in [6.45, 7) is 10.8. The monoisotopic (exact) mass is 274 g/mol. The molecular formula is C15H23BO2Si. The van der Waals surface area contributed by atoms with E-state index in [9.17, 15) is 0 Å². The summed E-state index contributed by atoms with van der Waals surface area (Å²) in [5.74, 6) is 0. The SMILES string of the molecule is C/C(=C(\C[Si](C)(C)C)B1OCCO1)c1ccccc1. The number of hydrogen-bond acceptors (Lipinski definition) is 2. The van der Waals surface area contributed by atoms with Crippen molar-refractivity contribution >= 4 is 20.8 Å². The zero-order valence-corrected chi connectivity index (χ0v) is 13.4. The molecule has 0 bridgehead atoms. The van der Waals surface area contributed by atoms with Crippen LogP contribution in [-0.4, -0.2) is 28.4 Å². The molecule has 1 aliphatic heterocycles. The van der Waals surface area contributed by atoms with Gasteiger partial charge in [-0.3, -0.25) is 0 Å². The Morgan fingerprint density at radius 2 is 1.68 bits per heavy atom. The van der Waals surface area contributed by atoms with E-state index in [1.807, 2.05) is 0 Å². The number of allylic oxidation sites excluding steroid dienone is 2. The lowest BCUT2D eigenvalue weighted by molar-refractivity contribution is 0.365. The Morgan fingerprint density at radius 1 is 1.11 bits per heavy atom. The van der Waals surface area contributed by atoms with Gasteiger partial charge in [-0.05, 0) is 29.6 Å². The first-order valence-electron chi connectivity index (χ1n) is 6.96. The molecule has 0 radical (unpaired) electrons. The van der Waals surface area contributed by atoms with Crippen LogP contribution in [0.5, 0.6) is 0 Å². The van der Waals surface area contributed by atoms with Gasteiger partial charge in [0.2, 0.25) is 0 Å². The highest BCUT2D eigenvalue weighted by Gasteiger charge is 2.33. The topological polar surface area (TPSA) is 18.5 Å². The van der Waals surface area contributed by atoms with Gasteiger partial charge in [0.25, 0.3) is 0 Å². The molecule has 1 aromatic carbocycles. The number of hydrogen-bond donors (Lipinski definition) is 0. The first-order valence-corrected chi connectivity index (χ1v) is 10.7. The van der Waals surface area contributed by atoms with Crippen molar-refractivity contribution in [1.29, 1.82) is 0 Å². The minimum atomic E-state index is -1.20. The Bertz CT molecular complexity index is 445. The van der Waals surface area contributed by atoms with Crippen molar-refractivity contribution in [2.24, 2.45) is 0 Å². The maximum atomic E-state index is 5.75. The van der Waals surface area contributed by atoms with Gasteiger partial charge in [0.15, 0.2) is 0 Å². The fraction of sp³-hybridized carbons (Fsp3) is 0.467. The fourth-order valence-electron chi connectivity index (χ4n) is 2.40. The van der Waals surface area contributed by atoms with E-state index < -0.39 is 8.07 Å². The average molecular weight is 274 g/mol. The summed E-state index contributed by atoms with van der Waals surface area (Å²) in [6.07, 6.45) is 0. The maximum absolute atomic E-state index is 5.75. The highest BCUT2D eigenvalue weighted by atomic mass is 28.3. The van der Waals surface area contributed by atoms with Crippen LogP contribution in [-0.2, 0) is 9.31 Å². The van der Waals surface area contributed by atoms with Crippen molar-refractivity contribution in [3.8, 4) is 0 Å². The van der Waals surface area contributed by atoms with E-state index in [0.29, 0.717) is 13.2 Å². The van der Waals surface area contributed by atoms with E-state index in [-0.39, 0.29) is 7.12 Å². The van der Waals surface area contributed by atoms with E-state index in [1.54, 1.807) is 0 Å². The van der Waals surface area contributed by atoms with Crippen molar-refractivity contribution in [1.82, 2.24) is 0 Å². The summed E-state index contributed by atoms with van der Waals surface area (Å²) >= 11 is 0. The molecule has 1 saturated heterocycles. The second kappa shape index (κ2) is 6.08. The summed E-state index contributed by atoms with van der Waals surface area (Å²) in [4.78, 5) is 0. The Labute approximate surface area is 118 Å². The molecule has 1 aromatic rings. The molecule has 1 heterocycles. The molecule has 2 rings (SSSR count). The van der Waals surface area contributed by atoms with E-state index in [1.165, 1.54) is 16.6 Å². The van der Waals surface area contributed by atoms with Gasteiger partial charge in [-0.15, -0.1) is 0 Å². The van der Waals surface area contributed by atoms with Gasteiger partial charge in [-0.2, -0.15) is 0 Å². The van der Waals surface area contributed by atoms with Gasteiger partial charge in [0.1, 0.15) is 0 Å². The van der Waals surface area contributed by atoms with Gasteiger partial charge in [0.05, 0.1) is 13.2 Å².